The predicted octanol–water partition coefficient (Wildman–Crippen LogP) is 3.38. The van der Waals surface area contributed by atoms with Gasteiger partial charge in [0.05, 0.1) is 23.0 Å². The van der Waals surface area contributed by atoms with Crippen LogP contribution in [0.15, 0.2) is 30.5 Å². The monoisotopic (exact) mass is 244 g/mol. The summed E-state index contributed by atoms with van der Waals surface area (Å²) in [6.45, 7) is 3.30. The van der Waals surface area contributed by atoms with Crippen LogP contribution in [0.3, 0.4) is 0 Å². The van der Waals surface area contributed by atoms with Gasteiger partial charge in [-0.2, -0.15) is 0 Å². The van der Waals surface area contributed by atoms with Gasteiger partial charge in [-0.15, -0.1) is 11.3 Å². The molecule has 0 aliphatic rings. The Bertz CT molecular complexity index is 663. The number of thiazole rings is 1. The first-order chi connectivity index (χ1) is 8.38. The molecule has 0 spiro atoms. The Hall–Kier alpha value is -1.52. The highest BCUT2D eigenvalue weighted by molar-refractivity contribution is 7.19. The zero-order valence-electron chi connectivity index (χ0n) is 9.51. The minimum Gasteiger partial charge on any atom is -0.375 e. The number of aromatic nitrogens is 2. The Morgan fingerprint density at radius 2 is 2.12 bits per heavy atom. The van der Waals surface area contributed by atoms with Gasteiger partial charge in [-0.3, -0.25) is 4.98 Å². The number of ether oxygens (including phenoxy) is 1. The largest absolute Gasteiger partial charge is 0.375 e. The normalized spacial score (nSPS) is 11.4. The molecule has 0 saturated heterocycles. The van der Waals surface area contributed by atoms with Gasteiger partial charge >= 0.3 is 0 Å². The number of rotatable bonds is 3. The van der Waals surface area contributed by atoms with Crippen LogP contribution in [0.25, 0.3) is 21.1 Å². The van der Waals surface area contributed by atoms with Gasteiger partial charge in [0.15, 0.2) is 0 Å². The van der Waals surface area contributed by atoms with Gasteiger partial charge < -0.3 is 4.74 Å². The summed E-state index contributed by atoms with van der Waals surface area (Å²) in [6.07, 6.45) is 1.84. The van der Waals surface area contributed by atoms with Crippen molar-refractivity contribution in [3.8, 4) is 0 Å². The van der Waals surface area contributed by atoms with Crippen LogP contribution in [0, 0.1) is 0 Å². The Balaban J connectivity index is 2.17. The third-order valence-corrected chi connectivity index (χ3v) is 3.68. The lowest BCUT2D eigenvalue weighted by atomic mass is 10.2. The Labute approximate surface area is 103 Å². The number of pyridine rings is 1. The third kappa shape index (κ3) is 1.90. The lowest BCUT2D eigenvalue weighted by molar-refractivity contribution is 0.134. The average Bonchev–Trinajstić information content (AvgIpc) is 2.79. The Morgan fingerprint density at radius 3 is 3.00 bits per heavy atom. The van der Waals surface area contributed by atoms with Crippen LogP contribution in [0.4, 0.5) is 0 Å². The van der Waals surface area contributed by atoms with Crippen LogP contribution in [0.1, 0.15) is 11.9 Å². The summed E-state index contributed by atoms with van der Waals surface area (Å²) in [6, 6.07) is 8.15. The molecule has 17 heavy (non-hydrogen) atoms. The SMILES string of the molecule is CCOCc1nc2cnc3ccccc3c2s1. The van der Waals surface area contributed by atoms with E-state index in [-0.39, 0.29) is 0 Å². The molecule has 0 amide bonds. The molecule has 3 nitrogen and oxygen atoms in total. The summed E-state index contributed by atoms with van der Waals surface area (Å²) in [7, 11) is 0. The number of benzene rings is 1. The van der Waals surface area contributed by atoms with E-state index in [0.29, 0.717) is 6.61 Å². The Kier molecular flexibility index (Phi) is 2.74. The standard InChI is InChI=1S/C13H12N2OS/c1-2-16-8-12-15-11-7-14-10-6-4-3-5-9(10)13(11)17-12/h3-7H,2,8H2,1H3. The molecule has 3 rings (SSSR count). The second kappa shape index (κ2) is 4.39. The molecule has 4 heteroatoms. The molecule has 0 saturated carbocycles. The zero-order chi connectivity index (χ0) is 11.7. The number of para-hydroxylation sites is 1. The molecule has 0 N–H and O–H groups in total. The number of nitrogens with zero attached hydrogens (tertiary/aromatic N) is 2. The molecule has 0 bridgehead atoms. The lowest BCUT2D eigenvalue weighted by Gasteiger charge is -1.95. The van der Waals surface area contributed by atoms with Gasteiger partial charge in [-0.05, 0) is 13.0 Å². The van der Waals surface area contributed by atoms with Crippen molar-refractivity contribution in [2.45, 2.75) is 13.5 Å². The van der Waals surface area contributed by atoms with Gasteiger partial charge in [0.25, 0.3) is 0 Å². The molecule has 2 aromatic heterocycles. The van der Waals surface area contributed by atoms with E-state index >= 15 is 0 Å². The zero-order valence-corrected chi connectivity index (χ0v) is 10.3. The average molecular weight is 244 g/mol. The van der Waals surface area contributed by atoms with E-state index in [4.69, 9.17) is 4.74 Å². The number of hydrogen-bond acceptors (Lipinski definition) is 4. The maximum absolute atomic E-state index is 5.39. The second-order valence-corrected chi connectivity index (χ2v) is 4.82. The molecular weight excluding hydrogens is 232 g/mol. The van der Waals surface area contributed by atoms with Crippen LogP contribution in [-0.4, -0.2) is 16.6 Å². The van der Waals surface area contributed by atoms with E-state index in [1.165, 1.54) is 10.1 Å². The van der Waals surface area contributed by atoms with Gasteiger partial charge in [0, 0.05) is 12.0 Å². The first-order valence-corrected chi connectivity index (χ1v) is 6.41. The van der Waals surface area contributed by atoms with Crippen LogP contribution >= 0.6 is 11.3 Å². The van der Waals surface area contributed by atoms with Gasteiger partial charge in [0.2, 0.25) is 0 Å². The minimum atomic E-state index is 0.587. The van der Waals surface area contributed by atoms with Crippen molar-refractivity contribution in [2.75, 3.05) is 6.61 Å². The van der Waals surface area contributed by atoms with E-state index in [2.05, 4.69) is 16.0 Å². The summed E-state index contributed by atoms with van der Waals surface area (Å²) in [5, 5.41) is 2.19. The molecule has 0 unspecified atom stereocenters. The highest BCUT2D eigenvalue weighted by Gasteiger charge is 2.07. The third-order valence-electron chi connectivity index (χ3n) is 2.60. The Morgan fingerprint density at radius 1 is 1.24 bits per heavy atom. The summed E-state index contributed by atoms with van der Waals surface area (Å²) in [5.41, 5.74) is 1.98. The van der Waals surface area contributed by atoms with Crippen LogP contribution in [0.2, 0.25) is 0 Å². The summed E-state index contributed by atoms with van der Waals surface area (Å²) in [5.74, 6) is 0. The van der Waals surface area contributed by atoms with E-state index in [1.807, 2.05) is 31.3 Å². The fourth-order valence-corrected chi connectivity index (χ4v) is 2.83. The van der Waals surface area contributed by atoms with Crippen LogP contribution in [0.5, 0.6) is 0 Å². The highest BCUT2D eigenvalue weighted by atomic mass is 32.1. The van der Waals surface area contributed by atoms with Crippen LogP contribution < -0.4 is 0 Å². The van der Waals surface area contributed by atoms with E-state index in [9.17, 15) is 0 Å². The van der Waals surface area contributed by atoms with Gasteiger partial charge in [-0.1, -0.05) is 18.2 Å². The fourth-order valence-electron chi connectivity index (χ4n) is 1.82. The number of fused-ring (bicyclic) bond motifs is 3. The first-order valence-electron chi connectivity index (χ1n) is 5.59. The van der Waals surface area contributed by atoms with Crippen molar-refractivity contribution in [2.24, 2.45) is 0 Å². The maximum atomic E-state index is 5.39. The van der Waals surface area contributed by atoms with E-state index < -0.39 is 0 Å². The predicted molar refractivity (Wildman–Crippen MR) is 70.3 cm³/mol. The molecule has 0 radical (unpaired) electrons. The first kappa shape index (κ1) is 10.6. The molecule has 0 atom stereocenters. The summed E-state index contributed by atoms with van der Waals surface area (Å²) >= 11 is 1.69. The van der Waals surface area contributed by atoms with Gasteiger partial charge in [-0.25, -0.2) is 4.98 Å². The highest BCUT2D eigenvalue weighted by Crippen LogP contribution is 2.28. The molecule has 0 fully saturated rings. The second-order valence-electron chi connectivity index (χ2n) is 3.73. The molecule has 86 valence electrons. The van der Waals surface area contributed by atoms with E-state index in [0.717, 1.165) is 22.6 Å². The molecule has 3 aromatic rings. The smallest absolute Gasteiger partial charge is 0.120 e. The van der Waals surface area contributed by atoms with Crippen LogP contribution in [-0.2, 0) is 11.3 Å². The molecule has 2 heterocycles. The van der Waals surface area contributed by atoms with E-state index in [1.54, 1.807) is 11.3 Å². The van der Waals surface area contributed by atoms with Crippen molar-refractivity contribution in [1.82, 2.24) is 9.97 Å². The van der Waals surface area contributed by atoms with Gasteiger partial charge in [0.1, 0.15) is 10.5 Å². The topological polar surface area (TPSA) is 35.0 Å². The lowest BCUT2D eigenvalue weighted by Crippen LogP contribution is -1.89. The summed E-state index contributed by atoms with van der Waals surface area (Å²) < 4.78 is 6.59. The molecule has 0 aliphatic heterocycles. The maximum Gasteiger partial charge on any atom is 0.120 e. The van der Waals surface area contributed by atoms with Crippen molar-refractivity contribution in [3.05, 3.63) is 35.5 Å². The molecule has 0 aliphatic carbocycles. The van der Waals surface area contributed by atoms with Crippen molar-refractivity contribution in [1.29, 1.82) is 0 Å². The molecular formula is C13H12N2OS. The van der Waals surface area contributed by atoms with Crippen molar-refractivity contribution >= 4 is 32.5 Å². The number of hydrogen-bond donors (Lipinski definition) is 0. The minimum absolute atomic E-state index is 0.587. The quantitative estimate of drug-likeness (QED) is 0.708. The van der Waals surface area contributed by atoms with Crippen molar-refractivity contribution in [3.63, 3.8) is 0 Å². The van der Waals surface area contributed by atoms with Crippen molar-refractivity contribution < 1.29 is 4.74 Å². The fraction of sp³-hybridized carbons (Fsp3) is 0.231. The molecule has 1 aromatic carbocycles. The summed E-state index contributed by atoms with van der Waals surface area (Å²) in [4.78, 5) is 8.94.